The Morgan fingerprint density at radius 3 is 2.74 bits per heavy atom. The van der Waals surface area contributed by atoms with Gasteiger partial charge in [0.2, 0.25) is 5.91 Å². The number of anilines is 1. The van der Waals surface area contributed by atoms with E-state index in [9.17, 15) is 9.59 Å². The van der Waals surface area contributed by atoms with Gasteiger partial charge in [0, 0.05) is 37.5 Å². The molecule has 9 heteroatoms. The average molecular weight is 451 g/mol. The minimum Gasteiger partial charge on any atom is -0.361 e. The monoisotopic (exact) mass is 450 g/mol. The molecule has 144 valence electrons. The second kappa shape index (κ2) is 8.03. The van der Waals surface area contributed by atoms with E-state index in [1.807, 2.05) is 18.2 Å². The summed E-state index contributed by atoms with van der Waals surface area (Å²) in [4.78, 5) is 36.5. The molecular formula is C18H23BrN4O3Si. The Balaban J connectivity index is 1.79. The van der Waals surface area contributed by atoms with Gasteiger partial charge < -0.3 is 4.74 Å². The first-order valence-electron chi connectivity index (χ1n) is 8.86. The molecule has 2 aromatic rings. The number of carbonyl (C=O) groups is 2. The van der Waals surface area contributed by atoms with Crippen molar-refractivity contribution in [2.24, 2.45) is 0 Å². The maximum atomic E-state index is 12.9. The number of aromatic nitrogens is 2. The fourth-order valence-electron chi connectivity index (χ4n) is 2.78. The SMILES string of the molecule is C[Si](C)(C)CCOCN1C(=O)CCN(c2ncnc3ccc(Br)cc23)C1=O. The zero-order chi connectivity index (χ0) is 19.6. The Morgan fingerprint density at radius 1 is 1.22 bits per heavy atom. The van der Waals surface area contributed by atoms with E-state index >= 15 is 0 Å². The molecule has 0 spiro atoms. The van der Waals surface area contributed by atoms with E-state index in [0.717, 1.165) is 21.4 Å². The van der Waals surface area contributed by atoms with Gasteiger partial charge in [-0.05, 0) is 24.2 Å². The first kappa shape index (κ1) is 19.9. The summed E-state index contributed by atoms with van der Waals surface area (Å²) in [5.41, 5.74) is 0.742. The predicted molar refractivity (Wildman–Crippen MR) is 110 cm³/mol. The van der Waals surface area contributed by atoms with E-state index < -0.39 is 14.1 Å². The van der Waals surface area contributed by atoms with Crippen molar-refractivity contribution in [1.82, 2.24) is 14.9 Å². The van der Waals surface area contributed by atoms with Crippen LogP contribution in [0.4, 0.5) is 10.6 Å². The van der Waals surface area contributed by atoms with Crippen LogP contribution in [-0.4, -0.2) is 54.8 Å². The molecule has 3 rings (SSSR count). The van der Waals surface area contributed by atoms with Crippen molar-refractivity contribution in [3.63, 3.8) is 0 Å². The van der Waals surface area contributed by atoms with Crippen molar-refractivity contribution >= 4 is 52.7 Å². The highest BCUT2D eigenvalue weighted by molar-refractivity contribution is 9.10. The van der Waals surface area contributed by atoms with E-state index in [1.54, 1.807) is 0 Å². The highest BCUT2D eigenvalue weighted by Crippen LogP contribution is 2.28. The number of rotatable bonds is 6. The zero-order valence-corrected chi connectivity index (χ0v) is 18.3. The number of fused-ring (bicyclic) bond motifs is 1. The minimum atomic E-state index is -1.23. The van der Waals surface area contributed by atoms with E-state index in [1.165, 1.54) is 16.1 Å². The van der Waals surface area contributed by atoms with Gasteiger partial charge in [-0.2, -0.15) is 0 Å². The van der Waals surface area contributed by atoms with Gasteiger partial charge in [0.05, 0.1) is 5.52 Å². The third-order valence-corrected chi connectivity index (χ3v) is 6.56. The van der Waals surface area contributed by atoms with Crippen LogP contribution in [0.5, 0.6) is 0 Å². The molecule has 0 N–H and O–H groups in total. The van der Waals surface area contributed by atoms with Crippen molar-refractivity contribution in [3.8, 4) is 0 Å². The number of ether oxygens (including phenoxy) is 1. The molecule has 0 unspecified atom stereocenters. The van der Waals surface area contributed by atoms with Crippen molar-refractivity contribution in [3.05, 3.63) is 29.0 Å². The highest BCUT2D eigenvalue weighted by atomic mass is 79.9. The molecule has 1 aliphatic heterocycles. The van der Waals surface area contributed by atoms with Crippen molar-refractivity contribution in [2.45, 2.75) is 32.1 Å². The molecule has 2 heterocycles. The number of amides is 3. The second-order valence-corrected chi connectivity index (χ2v) is 14.2. The molecule has 0 atom stereocenters. The Kier molecular flexibility index (Phi) is 5.92. The molecule has 0 aliphatic carbocycles. The average Bonchev–Trinajstić information content (AvgIpc) is 2.60. The summed E-state index contributed by atoms with van der Waals surface area (Å²) in [6, 6.07) is 6.21. The lowest BCUT2D eigenvalue weighted by molar-refractivity contribution is -0.133. The van der Waals surface area contributed by atoms with Crippen LogP contribution >= 0.6 is 15.9 Å². The van der Waals surface area contributed by atoms with Gasteiger partial charge >= 0.3 is 6.03 Å². The number of hydrogen-bond acceptors (Lipinski definition) is 5. The molecule has 1 aliphatic rings. The number of benzene rings is 1. The van der Waals surface area contributed by atoms with Crippen molar-refractivity contribution in [2.75, 3.05) is 24.8 Å². The number of nitrogens with zero attached hydrogens (tertiary/aromatic N) is 4. The lowest BCUT2D eigenvalue weighted by Gasteiger charge is -2.33. The zero-order valence-electron chi connectivity index (χ0n) is 15.7. The molecular weight excluding hydrogens is 428 g/mol. The van der Waals surface area contributed by atoms with Crippen molar-refractivity contribution < 1.29 is 14.3 Å². The highest BCUT2D eigenvalue weighted by Gasteiger charge is 2.34. The molecule has 3 amide bonds. The normalized spacial score (nSPS) is 15.7. The van der Waals surface area contributed by atoms with Gasteiger partial charge in [-0.1, -0.05) is 35.6 Å². The van der Waals surface area contributed by atoms with Gasteiger partial charge in [0.1, 0.15) is 18.9 Å². The summed E-state index contributed by atoms with van der Waals surface area (Å²) in [6.07, 6.45) is 1.67. The summed E-state index contributed by atoms with van der Waals surface area (Å²) in [6.45, 7) is 7.60. The lowest BCUT2D eigenvalue weighted by atomic mass is 10.2. The number of hydrogen-bond donors (Lipinski definition) is 0. The number of urea groups is 1. The van der Waals surface area contributed by atoms with Crippen LogP contribution in [0.25, 0.3) is 10.9 Å². The van der Waals surface area contributed by atoms with E-state index in [4.69, 9.17) is 4.74 Å². The maximum absolute atomic E-state index is 12.9. The largest absolute Gasteiger partial charge is 0.361 e. The summed E-state index contributed by atoms with van der Waals surface area (Å²) >= 11 is 3.44. The standard InChI is InChI=1S/C18H23BrN4O3Si/c1-27(2,3)9-8-26-12-23-16(24)6-7-22(18(23)25)17-14-10-13(19)4-5-15(14)20-11-21-17/h4-5,10-11H,6-9,12H2,1-3H3. The van der Waals surface area contributed by atoms with Crippen LogP contribution in [0.3, 0.4) is 0 Å². The minimum absolute atomic E-state index is 0.0225. The second-order valence-electron chi connectivity index (χ2n) is 7.71. The lowest BCUT2D eigenvalue weighted by Crippen LogP contribution is -2.53. The Morgan fingerprint density at radius 2 is 2.00 bits per heavy atom. The van der Waals surface area contributed by atoms with E-state index in [-0.39, 0.29) is 19.1 Å². The molecule has 7 nitrogen and oxygen atoms in total. The van der Waals surface area contributed by atoms with E-state index in [2.05, 4.69) is 45.5 Å². The topological polar surface area (TPSA) is 75.6 Å². The number of imide groups is 1. The van der Waals surface area contributed by atoms with Crippen LogP contribution in [0.15, 0.2) is 29.0 Å². The quantitative estimate of drug-likeness (QED) is 0.493. The Bertz CT molecular complexity index is 871. The van der Waals surface area contributed by atoms with Gasteiger partial charge in [-0.15, -0.1) is 0 Å². The van der Waals surface area contributed by atoms with Gasteiger partial charge in [-0.25, -0.2) is 19.7 Å². The molecule has 1 aromatic heterocycles. The third-order valence-electron chi connectivity index (χ3n) is 4.36. The summed E-state index contributed by atoms with van der Waals surface area (Å²) in [7, 11) is -1.23. The maximum Gasteiger partial charge on any atom is 0.334 e. The smallest absolute Gasteiger partial charge is 0.334 e. The van der Waals surface area contributed by atoms with Crippen LogP contribution in [-0.2, 0) is 9.53 Å². The van der Waals surface area contributed by atoms with Gasteiger partial charge in [0.15, 0.2) is 0 Å². The van der Waals surface area contributed by atoms with Crippen LogP contribution in [0.2, 0.25) is 25.7 Å². The molecule has 1 fully saturated rings. The van der Waals surface area contributed by atoms with Crippen molar-refractivity contribution in [1.29, 1.82) is 0 Å². The summed E-state index contributed by atoms with van der Waals surface area (Å²) in [5, 5.41) is 0.758. The fraction of sp³-hybridized carbons (Fsp3) is 0.444. The molecule has 27 heavy (non-hydrogen) atoms. The fourth-order valence-corrected chi connectivity index (χ4v) is 3.90. The predicted octanol–water partition coefficient (Wildman–Crippen LogP) is 3.86. The summed E-state index contributed by atoms with van der Waals surface area (Å²) in [5.74, 6) is 0.287. The third kappa shape index (κ3) is 4.71. The molecule has 0 radical (unpaired) electrons. The van der Waals surface area contributed by atoms with E-state index in [0.29, 0.717) is 19.0 Å². The molecule has 0 bridgehead atoms. The van der Waals surface area contributed by atoms with Crippen LogP contribution < -0.4 is 4.90 Å². The summed E-state index contributed by atoms with van der Waals surface area (Å²) < 4.78 is 6.51. The number of carbonyl (C=O) groups excluding carboxylic acids is 2. The Hall–Kier alpha value is -1.84. The van der Waals surface area contributed by atoms with Crippen LogP contribution in [0.1, 0.15) is 6.42 Å². The molecule has 0 saturated carbocycles. The first-order valence-corrected chi connectivity index (χ1v) is 13.4. The molecule has 1 saturated heterocycles. The molecule has 1 aromatic carbocycles. The number of halogens is 1. The van der Waals surface area contributed by atoms with Gasteiger partial charge in [0.25, 0.3) is 0 Å². The first-order chi connectivity index (χ1) is 12.8. The van der Waals surface area contributed by atoms with Crippen LogP contribution in [0, 0.1) is 0 Å². The Labute approximate surface area is 167 Å². The van der Waals surface area contributed by atoms with Gasteiger partial charge in [-0.3, -0.25) is 9.69 Å².